The number of anilines is 1. The monoisotopic (exact) mass is 369 g/mol. The number of hydrazone groups is 1. The van der Waals surface area contributed by atoms with E-state index in [2.05, 4.69) is 25.7 Å². The average Bonchev–Trinajstić information content (AvgIpc) is 2.64. The molecule has 0 spiro atoms. The van der Waals surface area contributed by atoms with Crippen molar-refractivity contribution < 1.29 is 4.74 Å². The van der Waals surface area contributed by atoms with Crippen LogP contribution in [0.3, 0.4) is 0 Å². The quantitative estimate of drug-likeness (QED) is 0.514. The third-order valence-corrected chi connectivity index (χ3v) is 3.67. The fourth-order valence-electron chi connectivity index (χ4n) is 2.11. The van der Waals surface area contributed by atoms with Crippen LogP contribution in [0.1, 0.15) is 16.8 Å². The molecule has 2 N–H and O–H groups in total. The number of ether oxygens (including phenoxy) is 1. The molecular formula is C18H16ClN5O2. The smallest absolute Gasteiger partial charge is 0.363 e. The molecule has 0 saturated heterocycles. The van der Waals surface area contributed by atoms with Crippen molar-refractivity contribution in [3.63, 3.8) is 0 Å². The number of nitrogens with one attached hydrogen (secondary N) is 2. The van der Waals surface area contributed by atoms with Crippen LogP contribution in [0, 0.1) is 6.92 Å². The summed E-state index contributed by atoms with van der Waals surface area (Å²) in [5.74, 6) is 1.05. The predicted molar refractivity (Wildman–Crippen MR) is 101 cm³/mol. The van der Waals surface area contributed by atoms with Gasteiger partial charge in [-0.05, 0) is 54.4 Å². The van der Waals surface area contributed by atoms with Crippen LogP contribution < -0.4 is 15.9 Å². The highest BCUT2D eigenvalue weighted by atomic mass is 35.5. The number of H-pyrrole nitrogens is 1. The average molecular weight is 370 g/mol. The van der Waals surface area contributed by atoms with Crippen LogP contribution in [-0.2, 0) is 6.61 Å². The first kappa shape index (κ1) is 17.6. The van der Waals surface area contributed by atoms with Crippen LogP contribution in [0.25, 0.3) is 0 Å². The molecule has 8 heteroatoms. The molecule has 0 bridgehead atoms. The highest BCUT2D eigenvalue weighted by molar-refractivity contribution is 6.30. The highest BCUT2D eigenvalue weighted by Gasteiger charge is 2.00. The van der Waals surface area contributed by atoms with Gasteiger partial charge in [-0.3, -0.25) is 5.43 Å². The Bertz CT molecular complexity index is 970. The molecule has 0 unspecified atom stereocenters. The first-order chi connectivity index (χ1) is 12.6. The van der Waals surface area contributed by atoms with Gasteiger partial charge in [-0.2, -0.15) is 15.2 Å². The van der Waals surface area contributed by atoms with E-state index in [-0.39, 0.29) is 0 Å². The van der Waals surface area contributed by atoms with Gasteiger partial charge in [0.25, 0.3) is 0 Å². The summed E-state index contributed by atoms with van der Waals surface area (Å²) in [4.78, 5) is 14.9. The largest absolute Gasteiger partial charge is 0.489 e. The number of rotatable bonds is 6. The Kier molecular flexibility index (Phi) is 5.60. The maximum absolute atomic E-state index is 11.2. The second-order valence-corrected chi connectivity index (χ2v) is 5.87. The number of hydrogen-bond donors (Lipinski definition) is 2. The molecule has 26 heavy (non-hydrogen) atoms. The van der Waals surface area contributed by atoms with Gasteiger partial charge in [-0.1, -0.05) is 23.7 Å². The van der Waals surface area contributed by atoms with E-state index in [4.69, 9.17) is 16.3 Å². The molecular weight excluding hydrogens is 354 g/mol. The minimum Gasteiger partial charge on any atom is -0.489 e. The van der Waals surface area contributed by atoms with E-state index >= 15 is 0 Å². The number of halogens is 1. The first-order valence-corrected chi connectivity index (χ1v) is 8.18. The molecule has 0 aliphatic carbocycles. The lowest BCUT2D eigenvalue weighted by molar-refractivity contribution is 0.306. The van der Waals surface area contributed by atoms with Gasteiger partial charge >= 0.3 is 5.69 Å². The van der Waals surface area contributed by atoms with E-state index in [0.717, 1.165) is 16.9 Å². The summed E-state index contributed by atoms with van der Waals surface area (Å²) in [5, 5.41) is 10.8. The number of aromatic amines is 1. The molecule has 0 aliphatic heterocycles. The van der Waals surface area contributed by atoms with Crippen molar-refractivity contribution in [3.8, 4) is 5.75 Å². The maximum atomic E-state index is 11.2. The van der Waals surface area contributed by atoms with E-state index in [1.165, 1.54) is 0 Å². The van der Waals surface area contributed by atoms with Crippen LogP contribution in [-0.4, -0.2) is 21.4 Å². The topological polar surface area (TPSA) is 92.3 Å². The van der Waals surface area contributed by atoms with E-state index in [1.54, 1.807) is 13.1 Å². The van der Waals surface area contributed by atoms with Crippen molar-refractivity contribution in [1.82, 2.24) is 15.2 Å². The summed E-state index contributed by atoms with van der Waals surface area (Å²) in [7, 11) is 0. The van der Waals surface area contributed by atoms with Gasteiger partial charge in [-0.25, -0.2) is 9.89 Å². The summed E-state index contributed by atoms with van der Waals surface area (Å²) >= 11 is 5.96. The lowest BCUT2D eigenvalue weighted by atomic mass is 10.2. The van der Waals surface area contributed by atoms with Gasteiger partial charge in [0.2, 0.25) is 0 Å². The Balaban J connectivity index is 1.57. The van der Waals surface area contributed by atoms with Crippen molar-refractivity contribution in [3.05, 3.63) is 80.9 Å². The maximum Gasteiger partial charge on any atom is 0.363 e. The molecule has 0 atom stereocenters. The third kappa shape index (κ3) is 4.90. The van der Waals surface area contributed by atoms with Crippen molar-refractivity contribution in [2.24, 2.45) is 5.10 Å². The molecule has 0 fully saturated rings. The van der Waals surface area contributed by atoms with Crippen molar-refractivity contribution in [2.45, 2.75) is 13.5 Å². The molecule has 0 radical (unpaired) electrons. The fourth-order valence-corrected chi connectivity index (χ4v) is 2.32. The predicted octanol–water partition coefficient (Wildman–Crippen LogP) is 3.15. The zero-order chi connectivity index (χ0) is 18.4. The lowest BCUT2D eigenvalue weighted by Crippen LogP contribution is -2.15. The normalized spacial score (nSPS) is 10.8. The zero-order valence-corrected chi connectivity index (χ0v) is 14.7. The Labute approximate surface area is 154 Å². The number of aryl methyl sites for hydroxylation is 1. The first-order valence-electron chi connectivity index (χ1n) is 7.80. The summed E-state index contributed by atoms with van der Waals surface area (Å²) in [6, 6.07) is 15.0. The zero-order valence-electron chi connectivity index (χ0n) is 13.9. The second kappa shape index (κ2) is 8.26. The standard InChI is InChI=1S/C18H16ClN5O2/c1-12-17(21-18(25)24-22-12)23-20-10-13-5-7-16(8-6-13)26-11-14-3-2-4-15(19)9-14/h2-10H,11H2,1H3,(H2,21,23,24,25)/b20-10+. The Morgan fingerprint density at radius 2 is 2.08 bits per heavy atom. The second-order valence-electron chi connectivity index (χ2n) is 5.43. The van der Waals surface area contributed by atoms with E-state index in [0.29, 0.717) is 23.1 Å². The van der Waals surface area contributed by atoms with Crippen molar-refractivity contribution >= 4 is 23.6 Å². The SMILES string of the molecule is Cc1n[nH]c(=O)nc1N/N=C/c1ccc(OCc2cccc(Cl)c2)cc1. The minimum atomic E-state index is -0.533. The summed E-state index contributed by atoms with van der Waals surface area (Å²) in [6.07, 6.45) is 1.61. The molecule has 3 rings (SSSR count). The minimum absolute atomic E-state index is 0.312. The van der Waals surface area contributed by atoms with Crippen LogP contribution in [0.5, 0.6) is 5.75 Å². The molecule has 0 saturated carbocycles. The number of nitrogens with zero attached hydrogens (tertiary/aromatic N) is 3. The Morgan fingerprint density at radius 1 is 1.27 bits per heavy atom. The van der Waals surface area contributed by atoms with Crippen molar-refractivity contribution in [1.29, 1.82) is 0 Å². The molecule has 1 heterocycles. The molecule has 2 aromatic carbocycles. The van der Waals surface area contributed by atoms with Crippen LogP contribution in [0.4, 0.5) is 5.82 Å². The van der Waals surface area contributed by atoms with Gasteiger partial charge in [0.05, 0.1) is 6.21 Å². The molecule has 1 aromatic heterocycles. The molecule has 3 aromatic rings. The van der Waals surface area contributed by atoms with Crippen LogP contribution in [0.2, 0.25) is 5.02 Å². The van der Waals surface area contributed by atoms with Gasteiger partial charge in [0, 0.05) is 5.02 Å². The molecule has 0 aliphatic rings. The fraction of sp³-hybridized carbons (Fsp3) is 0.111. The van der Waals surface area contributed by atoms with Gasteiger partial charge in [-0.15, -0.1) is 0 Å². The number of benzene rings is 2. The number of aromatic nitrogens is 3. The van der Waals surface area contributed by atoms with Gasteiger partial charge in [0.15, 0.2) is 5.82 Å². The Morgan fingerprint density at radius 3 is 2.85 bits per heavy atom. The third-order valence-electron chi connectivity index (χ3n) is 3.43. The molecule has 0 amide bonds. The van der Waals surface area contributed by atoms with E-state index in [1.807, 2.05) is 48.5 Å². The van der Waals surface area contributed by atoms with Crippen molar-refractivity contribution in [2.75, 3.05) is 5.43 Å². The molecule has 7 nitrogen and oxygen atoms in total. The molecule has 132 valence electrons. The van der Waals surface area contributed by atoms with E-state index < -0.39 is 5.69 Å². The highest BCUT2D eigenvalue weighted by Crippen LogP contribution is 2.16. The summed E-state index contributed by atoms with van der Waals surface area (Å²) < 4.78 is 5.73. The van der Waals surface area contributed by atoms with Gasteiger partial charge in [0.1, 0.15) is 18.1 Å². The summed E-state index contributed by atoms with van der Waals surface area (Å²) in [5.41, 5.74) is 4.58. The summed E-state index contributed by atoms with van der Waals surface area (Å²) in [6.45, 7) is 2.16. The van der Waals surface area contributed by atoms with Crippen LogP contribution >= 0.6 is 11.6 Å². The van der Waals surface area contributed by atoms with Gasteiger partial charge < -0.3 is 4.74 Å². The Hall–Kier alpha value is -3.19. The van der Waals surface area contributed by atoms with E-state index in [9.17, 15) is 4.79 Å². The lowest BCUT2D eigenvalue weighted by Gasteiger charge is -2.07. The van der Waals surface area contributed by atoms with Crippen LogP contribution in [0.15, 0.2) is 58.4 Å². The number of hydrogen-bond acceptors (Lipinski definition) is 6.